The summed E-state index contributed by atoms with van der Waals surface area (Å²) in [4.78, 5) is 25.6. The van der Waals surface area contributed by atoms with Crippen LogP contribution in [-0.4, -0.2) is 41.6 Å². The van der Waals surface area contributed by atoms with Crippen molar-refractivity contribution in [1.82, 2.24) is 4.90 Å². The number of likely N-dealkylation sites (tertiary alicyclic amines) is 1. The van der Waals surface area contributed by atoms with Gasteiger partial charge in [0.25, 0.3) is 5.91 Å². The number of amides is 1. The summed E-state index contributed by atoms with van der Waals surface area (Å²) in [6.07, 6.45) is 3.11. The normalized spacial score (nSPS) is 19.0. The lowest BCUT2D eigenvalue weighted by atomic mass is 10.1. The molecular formula is C15H18BrNO4. The van der Waals surface area contributed by atoms with Gasteiger partial charge in [0.1, 0.15) is 11.8 Å². The Labute approximate surface area is 132 Å². The first kappa shape index (κ1) is 15.8. The Morgan fingerprint density at radius 1 is 1.33 bits per heavy atom. The first-order valence-corrected chi connectivity index (χ1v) is 7.71. The summed E-state index contributed by atoms with van der Waals surface area (Å²) in [5.41, 5.74) is 0.397. The van der Waals surface area contributed by atoms with E-state index in [1.165, 1.54) is 12.0 Å². The van der Waals surface area contributed by atoms with Gasteiger partial charge in [0.2, 0.25) is 0 Å². The maximum atomic E-state index is 12.7. The Hall–Kier alpha value is -1.56. The molecule has 5 nitrogen and oxygen atoms in total. The number of aliphatic carboxylic acids is 1. The quantitative estimate of drug-likeness (QED) is 0.904. The average Bonchev–Trinajstić information content (AvgIpc) is 2.72. The number of carboxylic acids is 1. The fourth-order valence-corrected chi connectivity index (χ4v) is 2.94. The Balaban J connectivity index is 2.34. The molecule has 0 spiro atoms. The molecule has 6 heteroatoms. The van der Waals surface area contributed by atoms with Crippen molar-refractivity contribution in [3.63, 3.8) is 0 Å². The SMILES string of the molecule is COc1cc(Br)ccc1C(=O)N1CCCCCC1C(=O)O. The van der Waals surface area contributed by atoms with Gasteiger partial charge in [-0.15, -0.1) is 0 Å². The zero-order valence-electron chi connectivity index (χ0n) is 11.8. The summed E-state index contributed by atoms with van der Waals surface area (Å²) < 4.78 is 6.05. The number of nitrogens with zero attached hydrogens (tertiary/aromatic N) is 1. The molecule has 1 fully saturated rings. The first-order chi connectivity index (χ1) is 10.0. The summed E-state index contributed by atoms with van der Waals surface area (Å²) in [6, 6.07) is 4.37. The second-order valence-electron chi connectivity index (χ2n) is 5.05. The van der Waals surface area contributed by atoms with Crippen molar-refractivity contribution in [3.8, 4) is 5.75 Å². The number of rotatable bonds is 3. The molecule has 2 rings (SSSR count). The minimum atomic E-state index is -0.943. The minimum absolute atomic E-state index is 0.284. The fraction of sp³-hybridized carbons (Fsp3) is 0.467. The van der Waals surface area contributed by atoms with Crippen molar-refractivity contribution in [2.75, 3.05) is 13.7 Å². The highest BCUT2D eigenvalue weighted by Crippen LogP contribution is 2.27. The Kier molecular flexibility index (Phi) is 5.22. The second-order valence-corrected chi connectivity index (χ2v) is 5.96. The number of hydrogen-bond donors (Lipinski definition) is 1. The largest absolute Gasteiger partial charge is 0.496 e. The third-order valence-electron chi connectivity index (χ3n) is 3.69. The lowest BCUT2D eigenvalue weighted by Gasteiger charge is -2.27. The van der Waals surface area contributed by atoms with Crippen molar-refractivity contribution in [3.05, 3.63) is 28.2 Å². The summed E-state index contributed by atoms with van der Waals surface area (Å²) in [5.74, 6) is -0.780. The number of carboxylic acid groups (broad SMARTS) is 1. The molecule has 114 valence electrons. The van der Waals surface area contributed by atoms with Crippen LogP contribution in [0.4, 0.5) is 0 Å². The summed E-state index contributed by atoms with van der Waals surface area (Å²) in [7, 11) is 1.50. The molecule has 1 aliphatic heterocycles. The molecule has 1 aromatic rings. The van der Waals surface area contributed by atoms with Crippen molar-refractivity contribution in [1.29, 1.82) is 0 Å². The van der Waals surface area contributed by atoms with Crippen LogP contribution in [0.3, 0.4) is 0 Å². The molecule has 1 aromatic carbocycles. The standard InChI is InChI=1S/C15H18BrNO4/c1-21-13-9-10(16)6-7-11(13)14(18)17-8-4-2-3-5-12(17)15(19)20/h6-7,9,12H,2-5,8H2,1H3,(H,19,20). The van der Waals surface area contributed by atoms with E-state index in [4.69, 9.17) is 4.74 Å². The molecule has 21 heavy (non-hydrogen) atoms. The van der Waals surface area contributed by atoms with E-state index in [-0.39, 0.29) is 5.91 Å². The third-order valence-corrected chi connectivity index (χ3v) is 4.19. The van der Waals surface area contributed by atoms with Crippen LogP contribution in [0.2, 0.25) is 0 Å². The van der Waals surface area contributed by atoms with Gasteiger partial charge in [-0.3, -0.25) is 4.79 Å². The van der Waals surface area contributed by atoms with E-state index >= 15 is 0 Å². The molecule has 1 saturated heterocycles. The van der Waals surface area contributed by atoms with Crippen LogP contribution >= 0.6 is 15.9 Å². The van der Waals surface area contributed by atoms with Gasteiger partial charge < -0.3 is 14.7 Å². The molecule has 0 saturated carbocycles. The summed E-state index contributed by atoms with van der Waals surface area (Å²) >= 11 is 3.33. The van der Waals surface area contributed by atoms with Crippen LogP contribution in [0.5, 0.6) is 5.75 Å². The highest BCUT2D eigenvalue weighted by atomic mass is 79.9. The molecular weight excluding hydrogens is 338 g/mol. The van der Waals surface area contributed by atoms with Gasteiger partial charge in [0.05, 0.1) is 12.7 Å². The van der Waals surface area contributed by atoms with E-state index < -0.39 is 12.0 Å². The lowest BCUT2D eigenvalue weighted by molar-refractivity contribution is -0.142. The van der Waals surface area contributed by atoms with Crippen LogP contribution in [0.15, 0.2) is 22.7 Å². The van der Waals surface area contributed by atoms with Crippen molar-refractivity contribution in [2.45, 2.75) is 31.7 Å². The second kappa shape index (κ2) is 6.93. The molecule has 1 heterocycles. The van der Waals surface area contributed by atoms with Crippen LogP contribution in [-0.2, 0) is 4.79 Å². The van der Waals surface area contributed by atoms with E-state index in [0.717, 1.165) is 23.7 Å². The van der Waals surface area contributed by atoms with Gasteiger partial charge in [-0.2, -0.15) is 0 Å². The number of carbonyl (C=O) groups excluding carboxylic acids is 1. The van der Waals surface area contributed by atoms with Gasteiger partial charge in [0, 0.05) is 11.0 Å². The van der Waals surface area contributed by atoms with Crippen LogP contribution in [0.1, 0.15) is 36.0 Å². The fourth-order valence-electron chi connectivity index (χ4n) is 2.60. The highest BCUT2D eigenvalue weighted by molar-refractivity contribution is 9.10. The third kappa shape index (κ3) is 3.56. The van der Waals surface area contributed by atoms with Gasteiger partial charge in [-0.05, 0) is 31.0 Å². The number of ether oxygens (including phenoxy) is 1. The Bertz CT molecular complexity index is 546. The number of hydrogen-bond acceptors (Lipinski definition) is 3. The molecule has 0 radical (unpaired) electrons. The predicted molar refractivity (Wildman–Crippen MR) is 81.6 cm³/mol. The van der Waals surface area contributed by atoms with Crippen LogP contribution < -0.4 is 4.74 Å². The van der Waals surface area contributed by atoms with Gasteiger partial charge >= 0.3 is 5.97 Å². The van der Waals surface area contributed by atoms with E-state index in [0.29, 0.717) is 24.3 Å². The van der Waals surface area contributed by atoms with Crippen molar-refractivity contribution in [2.24, 2.45) is 0 Å². The van der Waals surface area contributed by atoms with Crippen molar-refractivity contribution < 1.29 is 19.4 Å². The smallest absolute Gasteiger partial charge is 0.326 e. The number of carbonyl (C=O) groups is 2. The van der Waals surface area contributed by atoms with Crippen LogP contribution in [0, 0.1) is 0 Å². The zero-order chi connectivity index (χ0) is 15.4. The average molecular weight is 356 g/mol. The molecule has 0 aromatic heterocycles. The monoisotopic (exact) mass is 355 g/mol. The molecule has 1 amide bonds. The zero-order valence-corrected chi connectivity index (χ0v) is 13.4. The molecule has 1 aliphatic rings. The maximum absolute atomic E-state index is 12.7. The first-order valence-electron chi connectivity index (χ1n) is 6.92. The molecule has 1 atom stereocenters. The number of benzene rings is 1. The molecule has 1 unspecified atom stereocenters. The molecule has 1 N–H and O–H groups in total. The maximum Gasteiger partial charge on any atom is 0.326 e. The van der Waals surface area contributed by atoms with Crippen LogP contribution in [0.25, 0.3) is 0 Å². The Morgan fingerprint density at radius 2 is 2.10 bits per heavy atom. The minimum Gasteiger partial charge on any atom is -0.496 e. The van der Waals surface area contributed by atoms with Gasteiger partial charge in [0.15, 0.2) is 0 Å². The Morgan fingerprint density at radius 3 is 2.76 bits per heavy atom. The number of halogens is 1. The van der Waals surface area contributed by atoms with E-state index in [9.17, 15) is 14.7 Å². The van der Waals surface area contributed by atoms with Gasteiger partial charge in [-0.25, -0.2) is 4.79 Å². The summed E-state index contributed by atoms with van der Waals surface area (Å²) in [6.45, 7) is 0.467. The lowest BCUT2D eigenvalue weighted by Crippen LogP contribution is -2.44. The molecule has 0 bridgehead atoms. The van der Waals surface area contributed by atoms with Crippen molar-refractivity contribution >= 4 is 27.8 Å². The van der Waals surface area contributed by atoms with E-state index in [1.807, 2.05) is 0 Å². The van der Waals surface area contributed by atoms with Gasteiger partial charge in [-0.1, -0.05) is 28.8 Å². The number of methoxy groups -OCH3 is 1. The summed E-state index contributed by atoms with van der Waals surface area (Å²) in [5, 5.41) is 9.37. The highest BCUT2D eigenvalue weighted by Gasteiger charge is 2.32. The predicted octanol–water partition coefficient (Wildman–Crippen LogP) is 2.93. The topological polar surface area (TPSA) is 66.8 Å². The molecule has 0 aliphatic carbocycles. The van der Waals surface area contributed by atoms with E-state index in [1.54, 1.807) is 18.2 Å². The van der Waals surface area contributed by atoms with E-state index in [2.05, 4.69) is 15.9 Å².